The molecule has 1 saturated heterocycles. The van der Waals surface area contributed by atoms with Crippen molar-refractivity contribution in [1.29, 1.82) is 5.41 Å². The Bertz CT molecular complexity index is 1240. The number of carbonyl (C=O) groups is 4. The molecule has 10 nitrogen and oxygen atoms in total. The van der Waals surface area contributed by atoms with Gasteiger partial charge in [-0.05, 0) is 36.8 Å². The number of carboxylic acid groups (broad SMARTS) is 2. The van der Waals surface area contributed by atoms with E-state index >= 15 is 0 Å². The smallest absolute Gasteiger partial charge is 0.480 e. The van der Waals surface area contributed by atoms with Crippen molar-refractivity contribution in [2.75, 3.05) is 6.54 Å². The van der Waals surface area contributed by atoms with E-state index in [4.69, 9.17) is 30.9 Å². The Labute approximate surface area is 210 Å². The lowest BCUT2D eigenvalue weighted by molar-refractivity contribution is -0.192. The lowest BCUT2D eigenvalue weighted by atomic mass is 9.87. The molecule has 2 aromatic rings. The number of aliphatic carboxylic acids is 2. The Morgan fingerprint density at radius 3 is 2.22 bits per heavy atom. The number of nitrogens with one attached hydrogen (secondary N) is 1. The van der Waals surface area contributed by atoms with Crippen molar-refractivity contribution >= 4 is 41.0 Å². The number of carboxylic acids is 2. The number of hydrogen-bond acceptors (Lipinski definition) is 7. The highest BCUT2D eigenvalue weighted by Crippen LogP contribution is 2.33. The minimum atomic E-state index is -5.08. The number of nitrogen functional groups attached to an aromatic ring is 1. The van der Waals surface area contributed by atoms with Gasteiger partial charge in [-0.1, -0.05) is 13.8 Å². The maximum atomic E-state index is 14.1. The van der Waals surface area contributed by atoms with Gasteiger partial charge in [-0.3, -0.25) is 10.2 Å². The van der Waals surface area contributed by atoms with Gasteiger partial charge in [0.15, 0.2) is 11.6 Å². The van der Waals surface area contributed by atoms with E-state index in [2.05, 4.69) is 0 Å². The number of ether oxygens (including phenoxy) is 1. The van der Waals surface area contributed by atoms with Crippen molar-refractivity contribution < 1.29 is 51.7 Å². The normalized spacial score (nSPS) is 14.8. The van der Waals surface area contributed by atoms with Crippen molar-refractivity contribution in [2.45, 2.75) is 32.5 Å². The van der Waals surface area contributed by atoms with Gasteiger partial charge in [-0.15, -0.1) is 11.3 Å². The zero-order valence-electron chi connectivity index (χ0n) is 19.3. The number of halogens is 4. The van der Waals surface area contributed by atoms with Crippen molar-refractivity contribution in [3.05, 3.63) is 51.5 Å². The number of nitrogens with zero attached hydrogens (tertiary/aromatic N) is 1. The lowest BCUT2D eigenvalue weighted by Crippen LogP contribution is -2.34. The zero-order chi connectivity index (χ0) is 28.3. The van der Waals surface area contributed by atoms with Crippen LogP contribution in [0.2, 0.25) is 0 Å². The summed E-state index contributed by atoms with van der Waals surface area (Å²) in [5, 5.41) is 23.4. The molecule has 1 aromatic carbocycles. The van der Waals surface area contributed by atoms with Gasteiger partial charge in [0.1, 0.15) is 16.8 Å². The Morgan fingerprint density at radius 1 is 1.16 bits per heavy atom. The highest BCUT2D eigenvalue weighted by molar-refractivity contribution is 7.14. The monoisotopic (exact) mass is 547 g/mol. The molecule has 15 heteroatoms. The van der Waals surface area contributed by atoms with Crippen LogP contribution in [0.4, 0.5) is 17.6 Å². The third-order valence-electron chi connectivity index (χ3n) is 4.90. The minimum Gasteiger partial charge on any atom is -0.480 e. The second-order valence-corrected chi connectivity index (χ2v) is 9.56. The van der Waals surface area contributed by atoms with E-state index in [1.54, 1.807) is 19.9 Å². The van der Waals surface area contributed by atoms with Crippen LogP contribution in [-0.2, 0) is 20.8 Å². The molecule has 0 unspecified atom stereocenters. The van der Waals surface area contributed by atoms with Crippen molar-refractivity contribution in [3.8, 4) is 5.75 Å². The van der Waals surface area contributed by atoms with Crippen LogP contribution in [0.15, 0.2) is 30.3 Å². The van der Waals surface area contributed by atoms with Crippen LogP contribution in [0, 0.1) is 16.6 Å². The van der Waals surface area contributed by atoms with Gasteiger partial charge in [-0.25, -0.2) is 18.8 Å². The Hall–Kier alpha value is -4.01. The van der Waals surface area contributed by atoms with E-state index in [1.807, 2.05) is 0 Å². The van der Waals surface area contributed by atoms with Gasteiger partial charge in [0, 0.05) is 15.9 Å². The van der Waals surface area contributed by atoms with E-state index in [0.717, 1.165) is 22.3 Å². The van der Waals surface area contributed by atoms with Crippen molar-refractivity contribution in [3.63, 3.8) is 0 Å². The first kappa shape index (κ1) is 29.2. The second-order valence-electron chi connectivity index (χ2n) is 8.39. The summed E-state index contributed by atoms with van der Waals surface area (Å²) >= 11 is 1.12. The maximum absolute atomic E-state index is 14.1. The summed E-state index contributed by atoms with van der Waals surface area (Å²) in [6, 6.07) is 6.05. The molecular weight excluding hydrogens is 526 g/mol. The maximum Gasteiger partial charge on any atom is 0.490 e. The molecule has 3 rings (SSSR count). The fourth-order valence-electron chi connectivity index (χ4n) is 2.96. The van der Waals surface area contributed by atoms with Crippen molar-refractivity contribution in [2.24, 2.45) is 11.1 Å². The molecule has 2 heterocycles. The number of rotatable bonds is 7. The lowest BCUT2D eigenvalue weighted by Gasteiger charge is -2.23. The molecule has 1 aliphatic heterocycles. The molecule has 0 bridgehead atoms. The van der Waals surface area contributed by atoms with Crippen LogP contribution in [0.25, 0.3) is 0 Å². The highest BCUT2D eigenvalue weighted by Gasteiger charge is 2.48. The number of amides is 1. The third-order valence-corrected chi connectivity index (χ3v) is 5.97. The fraction of sp³-hybridized carbons (Fsp3) is 0.318. The molecule has 1 aliphatic rings. The first-order valence-electron chi connectivity index (χ1n) is 10.2. The van der Waals surface area contributed by atoms with Crippen LogP contribution in [0.3, 0.4) is 0 Å². The number of nitrogens with two attached hydrogens (primary N) is 1. The van der Waals surface area contributed by atoms with E-state index in [-0.39, 0.29) is 34.5 Å². The average molecular weight is 547 g/mol. The predicted molar refractivity (Wildman–Crippen MR) is 121 cm³/mol. The largest absolute Gasteiger partial charge is 0.490 e. The summed E-state index contributed by atoms with van der Waals surface area (Å²) in [6.45, 7) is 3.64. The summed E-state index contributed by atoms with van der Waals surface area (Å²) in [6.07, 6.45) is -4.77. The van der Waals surface area contributed by atoms with Gasteiger partial charge in [0.05, 0.1) is 6.54 Å². The zero-order valence-corrected chi connectivity index (χ0v) is 20.1. The van der Waals surface area contributed by atoms with Gasteiger partial charge < -0.3 is 25.6 Å². The Morgan fingerprint density at radius 2 is 1.76 bits per heavy atom. The summed E-state index contributed by atoms with van der Waals surface area (Å²) in [7, 11) is 0. The van der Waals surface area contributed by atoms with Gasteiger partial charge in [0.2, 0.25) is 5.91 Å². The topological polar surface area (TPSA) is 171 Å². The van der Waals surface area contributed by atoms with E-state index in [9.17, 15) is 31.9 Å². The molecular formula is C22H21F4N3O7S. The molecule has 200 valence electrons. The minimum absolute atomic E-state index is 0.175. The molecule has 1 atom stereocenters. The molecule has 0 spiro atoms. The molecule has 1 aromatic heterocycles. The predicted octanol–water partition coefficient (Wildman–Crippen LogP) is 2.89. The number of benzene rings is 1. The van der Waals surface area contributed by atoms with Crippen LogP contribution < -0.4 is 10.5 Å². The summed E-state index contributed by atoms with van der Waals surface area (Å²) < 4.78 is 50.9. The molecule has 37 heavy (non-hydrogen) atoms. The summed E-state index contributed by atoms with van der Waals surface area (Å²) in [5.74, 6) is -6.19. The first-order valence-corrected chi connectivity index (χ1v) is 11.0. The van der Waals surface area contributed by atoms with E-state index in [0.29, 0.717) is 6.42 Å². The average Bonchev–Trinajstić information content (AvgIpc) is 3.45. The fourth-order valence-corrected chi connectivity index (χ4v) is 4.07. The molecule has 0 radical (unpaired) electrons. The third kappa shape index (κ3) is 7.73. The molecule has 1 fully saturated rings. The number of carbonyl (C=O) groups excluding carboxylic acids is 2. The number of amidine groups is 1. The molecule has 0 saturated carbocycles. The highest BCUT2D eigenvalue weighted by atomic mass is 32.1. The van der Waals surface area contributed by atoms with E-state index in [1.165, 1.54) is 23.1 Å². The quantitative estimate of drug-likeness (QED) is 0.102. The summed E-state index contributed by atoms with van der Waals surface area (Å²) in [5.41, 5.74) is 4.63. The van der Waals surface area contributed by atoms with Gasteiger partial charge >= 0.3 is 24.1 Å². The SMILES string of the molecule is CC(C)(Cc1ccc(C(=O)Oc2ccc(C(=N)N)cc2F)s1)C(=O)N1C[C@@H]1C(=O)O.O=C(O)C(F)(F)F. The number of hydrogen-bond donors (Lipinski definition) is 4. The standard InChI is InChI=1S/C20H20FN3O5S.C2HF3O2/c1-20(2,19(28)24-9-13(24)17(25)26)8-11-4-6-15(30-11)18(27)29-14-5-3-10(16(22)23)7-12(14)21;3-2(4,5)1(6)7/h3-7,13H,8-9H2,1-2H3,(H3,22,23)(H,25,26);(H,6,7)/t13-,24?;/m1./s1. The van der Waals surface area contributed by atoms with Crippen molar-refractivity contribution in [1.82, 2.24) is 4.90 Å². The van der Waals surface area contributed by atoms with Crippen LogP contribution in [0.5, 0.6) is 5.75 Å². The summed E-state index contributed by atoms with van der Waals surface area (Å²) in [4.78, 5) is 47.1. The molecule has 1 amide bonds. The second kappa shape index (κ2) is 10.9. The Kier molecular flexibility index (Phi) is 8.64. The van der Waals surface area contributed by atoms with Crippen LogP contribution in [0.1, 0.15) is 34.0 Å². The molecule has 0 aliphatic carbocycles. The number of esters is 1. The van der Waals surface area contributed by atoms with Gasteiger partial charge in [-0.2, -0.15) is 13.2 Å². The van der Waals surface area contributed by atoms with Gasteiger partial charge in [0.25, 0.3) is 0 Å². The number of thiophene rings is 1. The molecule has 5 N–H and O–H groups in total. The first-order chi connectivity index (χ1) is 16.9. The Balaban J connectivity index is 0.000000604. The van der Waals surface area contributed by atoms with E-state index < -0.39 is 41.4 Å². The van der Waals surface area contributed by atoms with Crippen LogP contribution >= 0.6 is 11.3 Å². The number of alkyl halides is 3. The van der Waals surface area contributed by atoms with Crippen LogP contribution in [-0.4, -0.2) is 63.5 Å².